The third kappa shape index (κ3) is 3.72. The van der Waals surface area contributed by atoms with Crippen LogP contribution in [0.25, 0.3) is 0 Å². The summed E-state index contributed by atoms with van der Waals surface area (Å²) in [4.78, 5) is 25.5. The van der Waals surface area contributed by atoms with Crippen LogP contribution in [0.15, 0.2) is 18.2 Å². The van der Waals surface area contributed by atoms with Crippen molar-refractivity contribution in [1.82, 2.24) is 10.2 Å². The molecule has 2 aliphatic heterocycles. The molecule has 0 spiro atoms. The molecule has 23 heavy (non-hydrogen) atoms. The van der Waals surface area contributed by atoms with Crippen LogP contribution < -0.4 is 20.1 Å². The van der Waals surface area contributed by atoms with Crippen LogP contribution in [0.3, 0.4) is 0 Å². The Balaban J connectivity index is 1.61. The number of carboxylic acid groups (broad SMARTS) is 1. The summed E-state index contributed by atoms with van der Waals surface area (Å²) >= 11 is 0. The normalized spacial score (nSPS) is 18.4. The van der Waals surface area contributed by atoms with Gasteiger partial charge in [-0.2, -0.15) is 0 Å². The Morgan fingerprint density at radius 3 is 2.74 bits per heavy atom. The molecule has 3 N–H and O–H groups in total. The van der Waals surface area contributed by atoms with Crippen LogP contribution in [0.2, 0.25) is 0 Å². The lowest BCUT2D eigenvalue weighted by atomic mass is 10.1. The van der Waals surface area contributed by atoms with Crippen LogP contribution in [-0.4, -0.2) is 60.9 Å². The molecule has 0 radical (unpaired) electrons. The number of carboxylic acids is 1. The van der Waals surface area contributed by atoms with Crippen molar-refractivity contribution in [3.05, 3.63) is 18.2 Å². The van der Waals surface area contributed by atoms with E-state index in [2.05, 4.69) is 10.6 Å². The number of carbonyl (C=O) groups excluding carboxylic acids is 1. The maximum Gasteiger partial charge on any atom is 0.321 e. The van der Waals surface area contributed by atoms with Gasteiger partial charge in [0.2, 0.25) is 12.7 Å². The van der Waals surface area contributed by atoms with E-state index in [0.29, 0.717) is 30.3 Å². The number of piperazine rings is 1. The van der Waals surface area contributed by atoms with Crippen LogP contribution in [-0.2, 0) is 9.59 Å². The third-order valence-corrected chi connectivity index (χ3v) is 3.91. The molecule has 0 saturated carbocycles. The summed E-state index contributed by atoms with van der Waals surface area (Å²) in [7, 11) is 0. The number of ether oxygens (including phenoxy) is 2. The molecule has 0 aromatic heterocycles. The van der Waals surface area contributed by atoms with Crippen LogP contribution in [0.4, 0.5) is 5.69 Å². The third-order valence-electron chi connectivity index (χ3n) is 3.91. The molecular formula is C15H19N3O5. The average Bonchev–Trinajstić information content (AvgIpc) is 3.01. The SMILES string of the molecule is O=C(C[C@H](C(=O)O)N1CCNCC1)Nc1ccc2c(c1)OCO2. The maximum atomic E-state index is 12.2. The highest BCUT2D eigenvalue weighted by Crippen LogP contribution is 2.34. The molecule has 0 unspecified atom stereocenters. The Labute approximate surface area is 133 Å². The van der Waals surface area contributed by atoms with E-state index < -0.39 is 12.0 Å². The lowest BCUT2D eigenvalue weighted by Crippen LogP contribution is -2.52. The Bertz CT molecular complexity index is 601. The predicted octanol–water partition coefficient (Wildman–Crippen LogP) is 0.102. The second kappa shape index (κ2) is 6.84. The molecule has 1 amide bonds. The number of nitrogens with one attached hydrogen (secondary N) is 2. The zero-order valence-corrected chi connectivity index (χ0v) is 12.6. The van der Waals surface area contributed by atoms with Gasteiger partial charge in [0.15, 0.2) is 11.5 Å². The molecule has 124 valence electrons. The van der Waals surface area contributed by atoms with Gasteiger partial charge in [0, 0.05) is 37.9 Å². The Morgan fingerprint density at radius 2 is 2.00 bits per heavy atom. The molecule has 3 rings (SSSR count). The summed E-state index contributed by atoms with van der Waals surface area (Å²) in [6.45, 7) is 2.86. The van der Waals surface area contributed by atoms with E-state index in [0.717, 1.165) is 13.1 Å². The number of nitrogens with zero attached hydrogens (tertiary/aromatic N) is 1. The number of hydrogen-bond donors (Lipinski definition) is 3. The minimum atomic E-state index is -0.979. The van der Waals surface area contributed by atoms with Gasteiger partial charge in [-0.1, -0.05) is 0 Å². The molecule has 8 heteroatoms. The number of carbonyl (C=O) groups is 2. The van der Waals surface area contributed by atoms with Gasteiger partial charge in [0.1, 0.15) is 6.04 Å². The van der Waals surface area contributed by atoms with Gasteiger partial charge < -0.3 is 25.2 Å². The number of hydrogen-bond acceptors (Lipinski definition) is 6. The first-order chi connectivity index (χ1) is 11.1. The number of rotatable bonds is 5. The zero-order valence-electron chi connectivity index (χ0n) is 12.6. The lowest BCUT2D eigenvalue weighted by Gasteiger charge is -2.32. The first kappa shape index (κ1) is 15.6. The molecule has 2 heterocycles. The highest BCUT2D eigenvalue weighted by Gasteiger charge is 2.29. The predicted molar refractivity (Wildman–Crippen MR) is 81.7 cm³/mol. The molecule has 1 aromatic rings. The zero-order chi connectivity index (χ0) is 16.2. The van der Waals surface area contributed by atoms with Gasteiger partial charge >= 0.3 is 5.97 Å². The molecule has 0 bridgehead atoms. The minimum Gasteiger partial charge on any atom is -0.480 e. The summed E-state index contributed by atoms with van der Waals surface area (Å²) in [6, 6.07) is 4.27. The summed E-state index contributed by atoms with van der Waals surface area (Å²) in [5.74, 6) is -0.116. The highest BCUT2D eigenvalue weighted by atomic mass is 16.7. The first-order valence-corrected chi connectivity index (χ1v) is 7.50. The monoisotopic (exact) mass is 321 g/mol. The first-order valence-electron chi connectivity index (χ1n) is 7.50. The molecule has 0 aliphatic carbocycles. The quantitative estimate of drug-likeness (QED) is 0.707. The number of benzene rings is 1. The molecule has 2 aliphatic rings. The maximum absolute atomic E-state index is 12.2. The fourth-order valence-corrected chi connectivity index (χ4v) is 2.73. The van der Waals surface area contributed by atoms with E-state index in [1.165, 1.54) is 0 Å². The van der Waals surface area contributed by atoms with E-state index >= 15 is 0 Å². The summed E-state index contributed by atoms with van der Waals surface area (Å²) in [6.07, 6.45) is -0.0935. The minimum absolute atomic E-state index is 0.0935. The molecular weight excluding hydrogens is 302 g/mol. The topological polar surface area (TPSA) is 100 Å². The van der Waals surface area contributed by atoms with Crippen molar-refractivity contribution in [2.45, 2.75) is 12.5 Å². The molecule has 1 atom stereocenters. The van der Waals surface area contributed by atoms with Gasteiger partial charge in [-0.15, -0.1) is 0 Å². The van der Waals surface area contributed by atoms with Gasteiger partial charge in [-0.25, -0.2) is 0 Å². The highest BCUT2D eigenvalue weighted by molar-refractivity contribution is 5.94. The van der Waals surface area contributed by atoms with Crippen molar-refractivity contribution >= 4 is 17.6 Å². The molecule has 1 saturated heterocycles. The van der Waals surface area contributed by atoms with Crippen LogP contribution in [0.1, 0.15) is 6.42 Å². The van der Waals surface area contributed by atoms with E-state index in [-0.39, 0.29) is 19.1 Å². The van der Waals surface area contributed by atoms with Gasteiger partial charge in [-0.3, -0.25) is 14.5 Å². The molecule has 8 nitrogen and oxygen atoms in total. The Kier molecular flexibility index (Phi) is 4.63. The smallest absolute Gasteiger partial charge is 0.321 e. The lowest BCUT2D eigenvalue weighted by molar-refractivity contribution is -0.145. The standard InChI is InChI=1S/C15H19N3O5/c19-14(8-11(15(20)21)18-5-3-16-4-6-18)17-10-1-2-12-13(7-10)23-9-22-12/h1-2,7,11,16H,3-6,8-9H2,(H,17,19)(H,20,21)/t11-/m1/s1. The Hall–Kier alpha value is -2.32. The van der Waals surface area contributed by atoms with Crippen LogP contribution in [0.5, 0.6) is 11.5 Å². The number of anilines is 1. The van der Waals surface area contributed by atoms with E-state index in [9.17, 15) is 14.7 Å². The fraction of sp³-hybridized carbons (Fsp3) is 0.467. The van der Waals surface area contributed by atoms with Crippen molar-refractivity contribution in [3.63, 3.8) is 0 Å². The van der Waals surface area contributed by atoms with Gasteiger partial charge in [-0.05, 0) is 12.1 Å². The number of fused-ring (bicyclic) bond motifs is 1. The van der Waals surface area contributed by atoms with E-state index in [1.54, 1.807) is 18.2 Å². The average molecular weight is 321 g/mol. The summed E-state index contributed by atoms with van der Waals surface area (Å²) in [5, 5.41) is 15.3. The number of amides is 1. The van der Waals surface area contributed by atoms with Crippen molar-refractivity contribution < 1.29 is 24.2 Å². The van der Waals surface area contributed by atoms with Crippen molar-refractivity contribution in [1.29, 1.82) is 0 Å². The van der Waals surface area contributed by atoms with Crippen LogP contribution in [0, 0.1) is 0 Å². The Morgan fingerprint density at radius 1 is 1.26 bits per heavy atom. The van der Waals surface area contributed by atoms with Crippen LogP contribution >= 0.6 is 0 Å². The second-order valence-corrected chi connectivity index (χ2v) is 5.46. The van der Waals surface area contributed by atoms with Crippen molar-refractivity contribution in [2.75, 3.05) is 38.3 Å². The largest absolute Gasteiger partial charge is 0.480 e. The van der Waals surface area contributed by atoms with E-state index in [1.807, 2.05) is 4.90 Å². The summed E-state index contributed by atoms with van der Waals surface area (Å²) in [5.41, 5.74) is 0.559. The van der Waals surface area contributed by atoms with E-state index in [4.69, 9.17) is 9.47 Å². The summed E-state index contributed by atoms with van der Waals surface area (Å²) < 4.78 is 10.5. The second-order valence-electron chi connectivity index (χ2n) is 5.46. The molecule has 1 fully saturated rings. The van der Waals surface area contributed by atoms with Crippen molar-refractivity contribution in [3.8, 4) is 11.5 Å². The van der Waals surface area contributed by atoms with Gasteiger partial charge in [0.25, 0.3) is 0 Å². The van der Waals surface area contributed by atoms with Crippen molar-refractivity contribution in [2.24, 2.45) is 0 Å². The fourth-order valence-electron chi connectivity index (χ4n) is 2.73. The molecule has 1 aromatic carbocycles. The van der Waals surface area contributed by atoms with Gasteiger partial charge in [0.05, 0.1) is 6.42 Å². The number of aliphatic carboxylic acids is 1.